The lowest BCUT2D eigenvalue weighted by atomic mass is 10.0. The molecule has 4 nitrogen and oxygen atoms in total. The van der Waals surface area contributed by atoms with E-state index >= 15 is 0 Å². The van der Waals surface area contributed by atoms with Gasteiger partial charge in [-0.1, -0.05) is 13.0 Å². The van der Waals surface area contributed by atoms with Crippen LogP contribution in [0.5, 0.6) is 0 Å². The Morgan fingerprint density at radius 1 is 1.30 bits per heavy atom. The standard InChI is InChI=1S/C16H24N4/c1-4-9-17-16(15-8-6-7-13(3)19-15)10-14-11-18-20(5-2)12-14/h6-8,11-12,16-17H,4-5,9-10H2,1-3H3. The third-order valence-electron chi connectivity index (χ3n) is 3.36. The van der Waals surface area contributed by atoms with Gasteiger partial charge in [-0.25, -0.2) is 0 Å². The van der Waals surface area contributed by atoms with Crippen LogP contribution in [0.3, 0.4) is 0 Å². The highest BCUT2D eigenvalue weighted by molar-refractivity contribution is 5.17. The fraction of sp³-hybridized carbons (Fsp3) is 0.500. The van der Waals surface area contributed by atoms with Gasteiger partial charge in [-0.3, -0.25) is 9.67 Å². The van der Waals surface area contributed by atoms with Crippen molar-refractivity contribution in [2.75, 3.05) is 6.54 Å². The van der Waals surface area contributed by atoms with Crippen LogP contribution in [-0.2, 0) is 13.0 Å². The summed E-state index contributed by atoms with van der Waals surface area (Å²) in [5, 5.41) is 7.94. The van der Waals surface area contributed by atoms with E-state index in [2.05, 4.69) is 47.6 Å². The van der Waals surface area contributed by atoms with Crippen molar-refractivity contribution in [3.8, 4) is 0 Å². The number of nitrogens with one attached hydrogen (secondary N) is 1. The summed E-state index contributed by atoms with van der Waals surface area (Å²) in [6.45, 7) is 8.24. The molecule has 0 spiro atoms. The normalized spacial score (nSPS) is 12.6. The molecule has 0 saturated heterocycles. The van der Waals surface area contributed by atoms with Crippen molar-refractivity contribution >= 4 is 0 Å². The molecule has 0 aliphatic heterocycles. The highest BCUT2D eigenvalue weighted by Gasteiger charge is 2.14. The zero-order chi connectivity index (χ0) is 14.4. The minimum absolute atomic E-state index is 0.254. The predicted molar refractivity (Wildman–Crippen MR) is 81.6 cm³/mol. The molecule has 2 heterocycles. The molecule has 20 heavy (non-hydrogen) atoms. The van der Waals surface area contributed by atoms with Crippen molar-refractivity contribution in [2.24, 2.45) is 0 Å². The van der Waals surface area contributed by atoms with Crippen LogP contribution >= 0.6 is 0 Å². The smallest absolute Gasteiger partial charge is 0.0579 e. The maximum absolute atomic E-state index is 4.66. The minimum Gasteiger partial charge on any atom is -0.308 e. The molecule has 2 rings (SSSR count). The minimum atomic E-state index is 0.254. The lowest BCUT2D eigenvalue weighted by Crippen LogP contribution is -2.25. The zero-order valence-corrected chi connectivity index (χ0v) is 12.6. The fourth-order valence-electron chi connectivity index (χ4n) is 2.28. The quantitative estimate of drug-likeness (QED) is 0.842. The highest BCUT2D eigenvalue weighted by Crippen LogP contribution is 2.17. The second-order valence-corrected chi connectivity index (χ2v) is 5.12. The Hall–Kier alpha value is -1.68. The molecule has 2 aromatic heterocycles. The van der Waals surface area contributed by atoms with Crippen molar-refractivity contribution in [3.63, 3.8) is 0 Å². The van der Waals surface area contributed by atoms with Gasteiger partial charge in [0.1, 0.15) is 0 Å². The van der Waals surface area contributed by atoms with E-state index in [1.165, 1.54) is 5.56 Å². The predicted octanol–water partition coefficient (Wildman–Crippen LogP) is 2.89. The molecule has 0 aromatic carbocycles. The number of aryl methyl sites for hydroxylation is 2. The molecule has 2 aromatic rings. The van der Waals surface area contributed by atoms with E-state index in [0.29, 0.717) is 0 Å². The van der Waals surface area contributed by atoms with Crippen molar-refractivity contribution < 1.29 is 0 Å². The first-order valence-electron chi connectivity index (χ1n) is 7.41. The molecule has 0 aliphatic carbocycles. The number of pyridine rings is 1. The SMILES string of the molecule is CCCNC(Cc1cnn(CC)c1)c1cccc(C)n1. The van der Waals surface area contributed by atoms with E-state index in [1.54, 1.807) is 0 Å². The van der Waals surface area contributed by atoms with Gasteiger partial charge in [0, 0.05) is 18.4 Å². The summed E-state index contributed by atoms with van der Waals surface area (Å²) in [6, 6.07) is 6.47. The zero-order valence-electron chi connectivity index (χ0n) is 12.6. The van der Waals surface area contributed by atoms with Crippen molar-refractivity contribution in [2.45, 2.75) is 46.2 Å². The second kappa shape index (κ2) is 7.20. The maximum atomic E-state index is 4.66. The van der Waals surface area contributed by atoms with Crippen LogP contribution in [0, 0.1) is 6.92 Å². The van der Waals surface area contributed by atoms with Gasteiger partial charge in [0.05, 0.1) is 17.9 Å². The van der Waals surface area contributed by atoms with E-state index in [-0.39, 0.29) is 6.04 Å². The number of hydrogen-bond acceptors (Lipinski definition) is 3. The van der Waals surface area contributed by atoms with E-state index in [0.717, 1.165) is 37.3 Å². The van der Waals surface area contributed by atoms with Crippen LogP contribution in [-0.4, -0.2) is 21.3 Å². The van der Waals surface area contributed by atoms with Crippen LogP contribution in [0.1, 0.15) is 43.3 Å². The Morgan fingerprint density at radius 3 is 2.80 bits per heavy atom. The molecule has 0 amide bonds. The first-order chi connectivity index (χ1) is 9.72. The summed E-state index contributed by atoms with van der Waals surface area (Å²) in [7, 11) is 0. The van der Waals surface area contributed by atoms with Crippen molar-refractivity contribution in [3.05, 3.63) is 47.5 Å². The Morgan fingerprint density at radius 2 is 2.15 bits per heavy atom. The van der Waals surface area contributed by atoms with E-state index in [4.69, 9.17) is 0 Å². The van der Waals surface area contributed by atoms with E-state index in [9.17, 15) is 0 Å². The van der Waals surface area contributed by atoms with Gasteiger partial charge in [0.2, 0.25) is 0 Å². The van der Waals surface area contributed by atoms with Gasteiger partial charge in [-0.2, -0.15) is 5.10 Å². The molecule has 0 radical (unpaired) electrons. The molecule has 1 unspecified atom stereocenters. The summed E-state index contributed by atoms with van der Waals surface area (Å²) in [5.41, 5.74) is 3.43. The Bertz CT molecular complexity index is 533. The van der Waals surface area contributed by atoms with Gasteiger partial charge >= 0.3 is 0 Å². The molecule has 4 heteroatoms. The number of hydrogen-bond donors (Lipinski definition) is 1. The Labute approximate surface area is 121 Å². The van der Waals surface area contributed by atoms with Gasteiger partial charge in [-0.15, -0.1) is 0 Å². The van der Waals surface area contributed by atoms with Crippen LogP contribution in [0.4, 0.5) is 0 Å². The topological polar surface area (TPSA) is 42.7 Å². The fourth-order valence-corrected chi connectivity index (χ4v) is 2.28. The molecule has 0 saturated carbocycles. The molecular weight excluding hydrogens is 248 g/mol. The number of nitrogens with zero attached hydrogens (tertiary/aromatic N) is 3. The van der Waals surface area contributed by atoms with Gasteiger partial charge in [0.25, 0.3) is 0 Å². The third-order valence-corrected chi connectivity index (χ3v) is 3.36. The second-order valence-electron chi connectivity index (χ2n) is 5.12. The van der Waals surface area contributed by atoms with Gasteiger partial charge in [0.15, 0.2) is 0 Å². The lowest BCUT2D eigenvalue weighted by molar-refractivity contribution is 0.516. The van der Waals surface area contributed by atoms with Gasteiger partial charge < -0.3 is 5.32 Å². The maximum Gasteiger partial charge on any atom is 0.0579 e. The first-order valence-corrected chi connectivity index (χ1v) is 7.41. The first kappa shape index (κ1) is 14.7. The molecule has 1 atom stereocenters. The molecule has 0 fully saturated rings. The van der Waals surface area contributed by atoms with E-state index < -0.39 is 0 Å². The monoisotopic (exact) mass is 272 g/mol. The Balaban J connectivity index is 2.14. The largest absolute Gasteiger partial charge is 0.308 e. The van der Waals surface area contributed by atoms with Crippen molar-refractivity contribution in [1.82, 2.24) is 20.1 Å². The summed E-state index contributed by atoms with van der Waals surface area (Å²) < 4.78 is 1.97. The highest BCUT2D eigenvalue weighted by atomic mass is 15.3. The number of aromatic nitrogens is 3. The molecule has 0 aliphatic rings. The summed E-state index contributed by atoms with van der Waals surface area (Å²) in [5.74, 6) is 0. The van der Waals surface area contributed by atoms with Crippen molar-refractivity contribution in [1.29, 1.82) is 0 Å². The molecule has 0 bridgehead atoms. The van der Waals surface area contributed by atoms with Crippen LogP contribution < -0.4 is 5.32 Å². The van der Waals surface area contributed by atoms with E-state index in [1.807, 2.05) is 23.9 Å². The van der Waals surface area contributed by atoms with Crippen LogP contribution in [0.25, 0.3) is 0 Å². The molecular formula is C16H24N4. The molecule has 1 N–H and O–H groups in total. The van der Waals surface area contributed by atoms with Gasteiger partial charge in [-0.05, 0) is 50.9 Å². The average molecular weight is 272 g/mol. The Kier molecular flexibility index (Phi) is 5.30. The van der Waals surface area contributed by atoms with Crippen LogP contribution in [0.15, 0.2) is 30.6 Å². The summed E-state index contributed by atoms with van der Waals surface area (Å²) in [6.07, 6.45) is 6.13. The average Bonchev–Trinajstić information content (AvgIpc) is 2.91. The third kappa shape index (κ3) is 3.90. The summed E-state index contributed by atoms with van der Waals surface area (Å²) >= 11 is 0. The summed E-state index contributed by atoms with van der Waals surface area (Å²) in [4.78, 5) is 4.66. The molecule has 108 valence electrons. The number of rotatable bonds is 7. The lowest BCUT2D eigenvalue weighted by Gasteiger charge is -2.17. The van der Waals surface area contributed by atoms with Crippen LogP contribution in [0.2, 0.25) is 0 Å².